The van der Waals surface area contributed by atoms with Gasteiger partial charge in [-0.15, -0.1) is 11.3 Å². The van der Waals surface area contributed by atoms with Crippen molar-refractivity contribution in [2.24, 2.45) is 0 Å². The van der Waals surface area contributed by atoms with Crippen LogP contribution in [0.5, 0.6) is 5.75 Å². The summed E-state index contributed by atoms with van der Waals surface area (Å²) < 4.78 is 8.88. The van der Waals surface area contributed by atoms with E-state index in [2.05, 4.69) is 15.0 Å². The number of thiophene rings is 1. The second-order valence-corrected chi connectivity index (χ2v) is 10.8. The Kier molecular flexibility index (Phi) is 8.01. The van der Waals surface area contributed by atoms with Crippen molar-refractivity contribution in [3.8, 4) is 11.4 Å². The molecule has 6 rings (SSSR count). The van der Waals surface area contributed by atoms with Crippen molar-refractivity contribution in [3.63, 3.8) is 0 Å². The van der Waals surface area contributed by atoms with E-state index in [1.807, 2.05) is 29.6 Å². The van der Waals surface area contributed by atoms with E-state index in [9.17, 15) is 14.4 Å². The van der Waals surface area contributed by atoms with E-state index in [0.717, 1.165) is 39.0 Å². The Morgan fingerprint density at radius 2 is 1.73 bits per heavy atom. The number of carbonyl (C=O) groups excluding carboxylic acids is 1. The van der Waals surface area contributed by atoms with Crippen LogP contribution in [0, 0.1) is 0 Å². The maximum absolute atomic E-state index is 13.0. The lowest BCUT2D eigenvalue weighted by atomic mass is 9.95. The van der Waals surface area contributed by atoms with Crippen LogP contribution in [0.25, 0.3) is 26.1 Å². The number of anilines is 1. The molecular weight excluding hydrogens is 528 g/mol. The molecule has 1 aliphatic carbocycles. The molecule has 5 aromatic rings. The van der Waals surface area contributed by atoms with Gasteiger partial charge in [-0.3, -0.25) is 23.5 Å². The van der Waals surface area contributed by atoms with Crippen molar-refractivity contribution in [1.82, 2.24) is 24.1 Å². The number of rotatable bonds is 4. The summed E-state index contributed by atoms with van der Waals surface area (Å²) in [7, 11) is 4.00. The lowest BCUT2D eigenvalue weighted by Crippen LogP contribution is -2.26. The molecule has 1 aliphatic rings. The number of nitrogens with zero attached hydrogens (tertiary/aromatic N) is 6. The summed E-state index contributed by atoms with van der Waals surface area (Å²) in [6, 6.07) is 10.3. The molecule has 40 heavy (non-hydrogen) atoms. The van der Waals surface area contributed by atoms with Crippen molar-refractivity contribution in [1.29, 1.82) is 0 Å². The average Bonchev–Trinajstić information content (AvgIpc) is 3.34. The van der Waals surface area contributed by atoms with Crippen LogP contribution in [0.4, 0.5) is 5.69 Å². The minimum Gasteiger partial charge on any atom is -0.427 e. The third kappa shape index (κ3) is 5.64. The van der Waals surface area contributed by atoms with Crippen molar-refractivity contribution < 1.29 is 9.53 Å². The van der Waals surface area contributed by atoms with Crippen LogP contribution in [-0.2, 0) is 4.79 Å². The molecule has 206 valence electrons. The molecule has 0 N–H and O–H groups in total. The molecule has 4 aromatic heterocycles. The molecule has 0 bridgehead atoms. The van der Waals surface area contributed by atoms with Crippen LogP contribution in [0.2, 0.25) is 0 Å². The summed E-state index contributed by atoms with van der Waals surface area (Å²) in [5, 5.41) is 0.991. The van der Waals surface area contributed by atoms with E-state index >= 15 is 0 Å². The third-order valence-electron chi connectivity index (χ3n) is 6.83. The molecule has 0 spiro atoms. The number of benzene rings is 1. The number of fused-ring (bicyclic) bond motifs is 3. The van der Waals surface area contributed by atoms with Gasteiger partial charge in [0.2, 0.25) is 0 Å². The summed E-state index contributed by atoms with van der Waals surface area (Å²) in [5.41, 5.74) is 2.44. The maximum Gasteiger partial charge on any atom is 0.308 e. The minimum atomic E-state index is -0.378. The van der Waals surface area contributed by atoms with Crippen LogP contribution in [0.3, 0.4) is 0 Å². The molecule has 0 amide bonds. The van der Waals surface area contributed by atoms with Crippen LogP contribution in [0.1, 0.15) is 45.1 Å². The van der Waals surface area contributed by atoms with E-state index in [-0.39, 0.29) is 17.1 Å². The van der Waals surface area contributed by atoms with E-state index in [4.69, 9.17) is 4.74 Å². The average molecular weight is 559 g/mol. The van der Waals surface area contributed by atoms with Gasteiger partial charge in [0.1, 0.15) is 21.6 Å². The van der Waals surface area contributed by atoms with Gasteiger partial charge in [-0.05, 0) is 43.2 Å². The molecule has 1 saturated carbocycles. The fourth-order valence-corrected chi connectivity index (χ4v) is 5.98. The molecule has 0 unspecified atom stereocenters. The Labute approximate surface area is 234 Å². The maximum atomic E-state index is 13.0. The molecule has 1 aromatic carbocycles. The monoisotopic (exact) mass is 558 g/mol. The van der Waals surface area contributed by atoms with Crippen LogP contribution < -0.4 is 20.8 Å². The van der Waals surface area contributed by atoms with Gasteiger partial charge in [-0.2, -0.15) is 0 Å². The summed E-state index contributed by atoms with van der Waals surface area (Å²) in [5.74, 6) is 0.0643. The molecule has 0 saturated heterocycles. The van der Waals surface area contributed by atoms with Crippen LogP contribution in [-0.4, -0.2) is 44.2 Å². The number of ether oxygens (including phenoxy) is 1. The summed E-state index contributed by atoms with van der Waals surface area (Å²) >= 11 is 1.46. The van der Waals surface area contributed by atoms with E-state index in [0.29, 0.717) is 17.5 Å². The first-order chi connectivity index (χ1) is 19.3. The zero-order valence-electron chi connectivity index (χ0n) is 22.6. The molecule has 11 heteroatoms. The SMILES string of the molecule is CC(=O)Oc1ccc(-n2cnccc2=O)cc1.CN(C)c1ccnc2sc3c(=O)n(C4CCCCC4)cnc3c12. The molecule has 0 radical (unpaired) electrons. The summed E-state index contributed by atoms with van der Waals surface area (Å²) in [6.45, 7) is 1.33. The van der Waals surface area contributed by atoms with Gasteiger partial charge in [-0.25, -0.2) is 15.0 Å². The Morgan fingerprint density at radius 3 is 2.40 bits per heavy atom. The molecule has 0 atom stereocenters. The molecule has 10 nitrogen and oxygen atoms in total. The predicted molar refractivity (Wildman–Crippen MR) is 157 cm³/mol. The zero-order chi connectivity index (χ0) is 28.2. The van der Waals surface area contributed by atoms with Gasteiger partial charge in [0, 0.05) is 45.5 Å². The first-order valence-electron chi connectivity index (χ1n) is 13.1. The topological polar surface area (TPSA) is 112 Å². The highest BCUT2D eigenvalue weighted by Gasteiger charge is 2.21. The normalized spacial score (nSPS) is 13.6. The van der Waals surface area contributed by atoms with E-state index in [1.165, 1.54) is 60.7 Å². The number of esters is 1. The highest BCUT2D eigenvalue weighted by atomic mass is 32.1. The van der Waals surface area contributed by atoms with Crippen molar-refractivity contribution in [2.45, 2.75) is 45.1 Å². The predicted octanol–water partition coefficient (Wildman–Crippen LogP) is 4.74. The second-order valence-electron chi connectivity index (χ2n) is 9.81. The zero-order valence-corrected chi connectivity index (χ0v) is 23.4. The Morgan fingerprint density at radius 1 is 0.975 bits per heavy atom. The van der Waals surface area contributed by atoms with E-state index < -0.39 is 0 Å². The van der Waals surface area contributed by atoms with Crippen molar-refractivity contribution in [2.75, 3.05) is 19.0 Å². The van der Waals surface area contributed by atoms with Crippen molar-refractivity contribution in [3.05, 3.63) is 82.2 Å². The summed E-state index contributed by atoms with van der Waals surface area (Å²) in [4.78, 5) is 51.1. The second kappa shape index (κ2) is 11.8. The number of aromatic nitrogens is 5. The standard InChI is InChI=1S/C17H20N4OS.C12H10N2O3/c1-20(2)12-8-9-18-16-13(12)14-15(23-16)17(22)21(10-19-14)11-6-4-3-5-7-11;1-9(15)17-11-4-2-10(3-5-11)14-8-13-7-6-12(14)16/h8-11H,3-7H2,1-2H3;2-8H,1H3. The first-order valence-corrected chi connectivity index (χ1v) is 13.9. The first kappa shape index (κ1) is 27.2. The fourth-order valence-electron chi connectivity index (χ4n) is 4.93. The Balaban J connectivity index is 0.000000170. The number of hydrogen-bond donors (Lipinski definition) is 0. The van der Waals surface area contributed by atoms with Gasteiger partial charge in [0.25, 0.3) is 11.1 Å². The van der Waals surface area contributed by atoms with Crippen LogP contribution >= 0.6 is 11.3 Å². The minimum absolute atomic E-state index is 0.0922. The van der Waals surface area contributed by atoms with Gasteiger partial charge in [0.05, 0.1) is 28.6 Å². The third-order valence-corrected chi connectivity index (χ3v) is 7.91. The summed E-state index contributed by atoms with van der Waals surface area (Å²) in [6.07, 6.45) is 12.3. The number of hydrogen-bond acceptors (Lipinski definition) is 9. The highest BCUT2D eigenvalue weighted by molar-refractivity contribution is 7.25. The highest BCUT2D eigenvalue weighted by Crippen LogP contribution is 2.36. The van der Waals surface area contributed by atoms with Crippen LogP contribution in [0.15, 0.2) is 71.0 Å². The Bertz CT molecular complexity index is 1770. The number of carbonyl (C=O) groups is 1. The van der Waals surface area contributed by atoms with E-state index in [1.54, 1.807) is 36.8 Å². The molecule has 1 fully saturated rings. The lowest BCUT2D eigenvalue weighted by molar-refractivity contribution is -0.131. The lowest BCUT2D eigenvalue weighted by Gasteiger charge is -2.23. The smallest absolute Gasteiger partial charge is 0.308 e. The van der Waals surface area contributed by atoms with Gasteiger partial charge in [-0.1, -0.05) is 19.3 Å². The Hall–Kier alpha value is -4.38. The van der Waals surface area contributed by atoms with Gasteiger partial charge >= 0.3 is 5.97 Å². The largest absolute Gasteiger partial charge is 0.427 e. The molecule has 4 heterocycles. The molecule has 0 aliphatic heterocycles. The molecular formula is C29H30N6O4S. The fraction of sp³-hybridized carbons (Fsp3) is 0.310. The van der Waals surface area contributed by atoms with Gasteiger partial charge < -0.3 is 9.64 Å². The quantitative estimate of drug-likeness (QED) is 0.230. The van der Waals surface area contributed by atoms with Gasteiger partial charge in [0.15, 0.2) is 0 Å². The van der Waals surface area contributed by atoms with Crippen molar-refractivity contribution >= 4 is 43.4 Å². The number of pyridine rings is 1.